The summed E-state index contributed by atoms with van der Waals surface area (Å²) in [5.41, 5.74) is -3.10. The van der Waals surface area contributed by atoms with Crippen LogP contribution >= 0.6 is 11.6 Å². The zero-order valence-electron chi connectivity index (χ0n) is 8.34. The summed E-state index contributed by atoms with van der Waals surface area (Å²) in [4.78, 5) is 20.2. The molecule has 92 valence electrons. The number of rotatable bonds is 2. The van der Waals surface area contributed by atoms with Crippen LogP contribution in [0, 0.1) is 10.1 Å². The monoisotopic (exact) mass is 267 g/mol. The Balaban J connectivity index is 3.62. The van der Waals surface area contributed by atoms with E-state index in [1.54, 1.807) is 0 Å². The molecule has 0 aliphatic heterocycles. The van der Waals surface area contributed by atoms with Crippen LogP contribution in [-0.2, 0) is 6.18 Å². The number of nitro benzene ring substituents is 1. The molecule has 0 unspecified atom stereocenters. The van der Waals surface area contributed by atoms with Crippen molar-refractivity contribution in [1.82, 2.24) is 0 Å². The highest BCUT2D eigenvalue weighted by molar-refractivity contribution is 6.33. The molecule has 0 bridgehead atoms. The predicted octanol–water partition coefficient (Wildman–Crippen LogP) is 3.47. The number of Topliss-reactive ketones (excluding diaryl/α,β-unsaturated/α-hetero) is 1. The molecule has 0 fully saturated rings. The molecule has 0 saturated carbocycles. The summed E-state index contributed by atoms with van der Waals surface area (Å²) in [6, 6.07) is 1.27. The van der Waals surface area contributed by atoms with Gasteiger partial charge in [-0.3, -0.25) is 14.9 Å². The molecular weight excluding hydrogens is 263 g/mol. The van der Waals surface area contributed by atoms with E-state index in [0.717, 1.165) is 13.0 Å². The van der Waals surface area contributed by atoms with Crippen molar-refractivity contribution in [3.05, 3.63) is 38.4 Å². The lowest BCUT2D eigenvalue weighted by Gasteiger charge is -2.09. The lowest BCUT2D eigenvalue weighted by molar-refractivity contribution is -0.387. The third kappa shape index (κ3) is 2.73. The minimum Gasteiger partial charge on any atom is -0.295 e. The largest absolute Gasteiger partial charge is 0.423 e. The van der Waals surface area contributed by atoms with E-state index in [2.05, 4.69) is 0 Å². The van der Waals surface area contributed by atoms with Crippen molar-refractivity contribution < 1.29 is 22.9 Å². The molecule has 0 radical (unpaired) electrons. The first-order valence-corrected chi connectivity index (χ1v) is 4.58. The Hall–Kier alpha value is -1.63. The molecule has 0 spiro atoms. The van der Waals surface area contributed by atoms with E-state index in [0.29, 0.717) is 6.07 Å². The average Bonchev–Trinajstić information content (AvgIpc) is 2.14. The second-order valence-corrected chi connectivity index (χ2v) is 3.57. The molecular formula is C9H5ClF3NO3. The van der Waals surface area contributed by atoms with Crippen molar-refractivity contribution in [3.8, 4) is 0 Å². The SMILES string of the molecule is CC(=O)c1cc(Cl)c([N+](=O)[O-])c(C(F)(F)F)c1. The van der Waals surface area contributed by atoms with Gasteiger partial charge in [0.1, 0.15) is 10.6 Å². The fraction of sp³-hybridized carbons (Fsp3) is 0.222. The third-order valence-electron chi connectivity index (χ3n) is 1.96. The molecule has 8 heteroatoms. The van der Waals surface area contributed by atoms with Crippen molar-refractivity contribution in [3.63, 3.8) is 0 Å². The van der Waals surface area contributed by atoms with Gasteiger partial charge in [-0.05, 0) is 19.1 Å². The van der Waals surface area contributed by atoms with Gasteiger partial charge < -0.3 is 0 Å². The molecule has 1 aromatic carbocycles. The maximum atomic E-state index is 12.6. The highest BCUT2D eigenvalue weighted by atomic mass is 35.5. The number of benzene rings is 1. The van der Waals surface area contributed by atoms with E-state index in [1.807, 2.05) is 0 Å². The first-order valence-electron chi connectivity index (χ1n) is 4.20. The van der Waals surface area contributed by atoms with Gasteiger partial charge in [0.2, 0.25) is 0 Å². The highest BCUT2D eigenvalue weighted by Crippen LogP contribution is 2.40. The number of carbonyl (C=O) groups is 1. The first kappa shape index (κ1) is 13.4. The molecule has 4 nitrogen and oxygen atoms in total. The summed E-state index contributed by atoms with van der Waals surface area (Å²) in [5, 5.41) is 9.79. The first-order chi connectivity index (χ1) is 7.64. The Bertz CT molecular complexity index is 499. The standard InChI is InChI=1S/C9H5ClF3NO3/c1-4(15)5-2-6(9(11,12)13)8(14(16)17)7(10)3-5/h2-3H,1H3. The number of nitrogens with zero attached hydrogens (tertiary/aromatic N) is 1. The van der Waals surface area contributed by atoms with Crippen molar-refractivity contribution in [1.29, 1.82) is 0 Å². The summed E-state index contributed by atoms with van der Waals surface area (Å²) < 4.78 is 37.7. The van der Waals surface area contributed by atoms with E-state index in [9.17, 15) is 28.1 Å². The van der Waals surface area contributed by atoms with E-state index < -0.39 is 33.2 Å². The Morgan fingerprint density at radius 2 is 1.94 bits per heavy atom. The summed E-state index contributed by atoms with van der Waals surface area (Å²) in [7, 11) is 0. The van der Waals surface area contributed by atoms with Crippen LogP contribution in [0.4, 0.5) is 18.9 Å². The maximum absolute atomic E-state index is 12.6. The highest BCUT2D eigenvalue weighted by Gasteiger charge is 2.40. The zero-order valence-corrected chi connectivity index (χ0v) is 9.09. The van der Waals surface area contributed by atoms with Gasteiger partial charge in [-0.1, -0.05) is 11.6 Å². The number of hydrogen-bond acceptors (Lipinski definition) is 3. The van der Waals surface area contributed by atoms with Crippen LogP contribution in [0.5, 0.6) is 0 Å². The molecule has 1 rings (SSSR count). The van der Waals surface area contributed by atoms with Crippen molar-refractivity contribution >= 4 is 23.1 Å². The second-order valence-electron chi connectivity index (χ2n) is 3.17. The predicted molar refractivity (Wildman–Crippen MR) is 53.1 cm³/mol. The Morgan fingerprint density at radius 3 is 2.29 bits per heavy atom. The van der Waals surface area contributed by atoms with E-state index >= 15 is 0 Å². The molecule has 0 heterocycles. The van der Waals surface area contributed by atoms with Crippen LogP contribution in [0.3, 0.4) is 0 Å². The molecule has 0 amide bonds. The molecule has 0 aromatic heterocycles. The fourth-order valence-corrected chi connectivity index (χ4v) is 1.49. The number of nitro groups is 1. The van der Waals surface area contributed by atoms with Crippen LogP contribution < -0.4 is 0 Å². The quantitative estimate of drug-likeness (QED) is 0.468. The van der Waals surface area contributed by atoms with Gasteiger partial charge >= 0.3 is 6.18 Å². The van der Waals surface area contributed by atoms with Gasteiger partial charge in [-0.15, -0.1) is 0 Å². The van der Waals surface area contributed by atoms with Crippen LogP contribution in [0.25, 0.3) is 0 Å². The summed E-state index contributed by atoms with van der Waals surface area (Å²) in [5.74, 6) is -0.660. The molecule has 0 N–H and O–H groups in total. The number of halogens is 4. The van der Waals surface area contributed by atoms with Gasteiger partial charge in [0.05, 0.1) is 4.92 Å². The average molecular weight is 268 g/mol. The van der Waals surface area contributed by atoms with Crippen LogP contribution in [0.1, 0.15) is 22.8 Å². The van der Waals surface area contributed by atoms with Gasteiger partial charge in [-0.25, -0.2) is 0 Å². The Morgan fingerprint density at radius 1 is 1.41 bits per heavy atom. The fourth-order valence-electron chi connectivity index (χ4n) is 1.20. The Kier molecular flexibility index (Phi) is 3.42. The minimum absolute atomic E-state index is 0.326. The zero-order chi connectivity index (χ0) is 13.4. The van der Waals surface area contributed by atoms with Crippen LogP contribution in [-0.4, -0.2) is 10.7 Å². The summed E-state index contributed by atoms with van der Waals surface area (Å²) in [6.45, 7) is 1.04. The van der Waals surface area contributed by atoms with Gasteiger partial charge in [0.15, 0.2) is 5.78 Å². The minimum atomic E-state index is -4.95. The molecule has 0 aliphatic carbocycles. The van der Waals surface area contributed by atoms with Crippen LogP contribution in [0.15, 0.2) is 12.1 Å². The summed E-state index contributed by atoms with van der Waals surface area (Å²) in [6.07, 6.45) is -4.95. The van der Waals surface area contributed by atoms with Gasteiger partial charge in [0, 0.05) is 5.56 Å². The molecule has 17 heavy (non-hydrogen) atoms. The van der Waals surface area contributed by atoms with Crippen molar-refractivity contribution in [2.45, 2.75) is 13.1 Å². The lowest BCUT2D eigenvalue weighted by atomic mass is 10.1. The topological polar surface area (TPSA) is 60.2 Å². The molecule has 1 aromatic rings. The smallest absolute Gasteiger partial charge is 0.295 e. The van der Waals surface area contributed by atoms with Gasteiger partial charge in [-0.2, -0.15) is 13.2 Å². The van der Waals surface area contributed by atoms with E-state index in [-0.39, 0.29) is 5.56 Å². The number of hydrogen-bond donors (Lipinski definition) is 0. The van der Waals surface area contributed by atoms with E-state index in [4.69, 9.17) is 11.6 Å². The molecule has 0 aliphatic rings. The Labute approximate surface area is 98.1 Å². The second kappa shape index (κ2) is 4.33. The van der Waals surface area contributed by atoms with Crippen molar-refractivity contribution in [2.24, 2.45) is 0 Å². The number of ketones is 1. The van der Waals surface area contributed by atoms with Gasteiger partial charge in [0.25, 0.3) is 5.69 Å². The summed E-state index contributed by atoms with van der Waals surface area (Å²) >= 11 is 5.39. The lowest BCUT2D eigenvalue weighted by Crippen LogP contribution is -2.11. The number of alkyl halides is 3. The van der Waals surface area contributed by atoms with Crippen molar-refractivity contribution in [2.75, 3.05) is 0 Å². The third-order valence-corrected chi connectivity index (χ3v) is 2.25. The number of carbonyl (C=O) groups excluding carboxylic acids is 1. The normalized spacial score (nSPS) is 11.4. The van der Waals surface area contributed by atoms with Crippen LogP contribution in [0.2, 0.25) is 5.02 Å². The maximum Gasteiger partial charge on any atom is 0.423 e. The van der Waals surface area contributed by atoms with E-state index in [1.165, 1.54) is 0 Å². The molecule has 0 saturated heterocycles. The molecule has 0 atom stereocenters.